The summed E-state index contributed by atoms with van der Waals surface area (Å²) >= 11 is 0. The number of carbonyl (C=O) groups is 1. The Labute approximate surface area is 226 Å². The lowest BCUT2D eigenvalue weighted by atomic mass is 9.85. The van der Waals surface area contributed by atoms with Gasteiger partial charge in [0.1, 0.15) is 5.78 Å². The van der Waals surface area contributed by atoms with Crippen molar-refractivity contribution in [3.05, 3.63) is 48.0 Å². The predicted molar refractivity (Wildman–Crippen MR) is 150 cm³/mol. The van der Waals surface area contributed by atoms with Gasteiger partial charge in [-0.25, -0.2) is 0 Å². The highest BCUT2D eigenvalue weighted by Gasteiger charge is 2.36. The first-order valence-electron chi connectivity index (χ1n) is 14.4. The molecular weight excluding hydrogens is 474 g/mol. The van der Waals surface area contributed by atoms with E-state index in [4.69, 9.17) is 4.74 Å². The Kier molecular flexibility index (Phi) is 7.34. The number of fused-ring (bicyclic) bond motifs is 1. The van der Waals surface area contributed by atoms with Crippen LogP contribution in [0.25, 0.3) is 21.9 Å². The molecule has 0 radical (unpaired) electrons. The number of nitrogens with zero attached hydrogens (tertiary/aromatic N) is 5. The third kappa shape index (κ3) is 5.56. The normalized spacial score (nSPS) is 21.0. The maximum absolute atomic E-state index is 13.2. The molecule has 0 unspecified atom stereocenters. The fourth-order valence-corrected chi connectivity index (χ4v) is 6.49. The van der Waals surface area contributed by atoms with Gasteiger partial charge >= 0.3 is 0 Å². The standard InChI is InChI=1S/C31H41N5O2/c1-31(21-38-22-31)20-36-12-8-23(9-13-36)30(37)16-27-15-26-14-24(6-7-25(26)17-32-27)28-18-33-34(2)29(28)19-35-10-4-3-5-11-35/h6-7,14-15,17-18,23H,3-5,8-13,16,19-22H2,1-2H3. The van der Waals surface area contributed by atoms with Gasteiger partial charge in [0.2, 0.25) is 0 Å². The molecule has 0 bridgehead atoms. The Balaban J connectivity index is 1.13. The lowest BCUT2D eigenvalue weighted by Crippen LogP contribution is -2.50. The number of benzene rings is 1. The number of aromatic nitrogens is 3. The van der Waals surface area contributed by atoms with Crippen LogP contribution in [0.15, 0.2) is 36.7 Å². The highest BCUT2D eigenvalue weighted by atomic mass is 16.5. The number of hydrogen-bond donors (Lipinski definition) is 0. The molecule has 3 aliphatic heterocycles. The highest BCUT2D eigenvalue weighted by Crippen LogP contribution is 2.31. The van der Waals surface area contributed by atoms with Crippen molar-refractivity contribution in [3.63, 3.8) is 0 Å². The second kappa shape index (κ2) is 10.9. The number of hydrogen-bond acceptors (Lipinski definition) is 6. The number of piperidine rings is 2. The van der Waals surface area contributed by atoms with E-state index in [2.05, 4.69) is 51.1 Å². The van der Waals surface area contributed by atoms with Crippen LogP contribution in [0.1, 0.15) is 50.4 Å². The van der Waals surface area contributed by atoms with Crippen LogP contribution < -0.4 is 0 Å². The average Bonchev–Trinajstić information content (AvgIpc) is 3.28. The minimum absolute atomic E-state index is 0.147. The Morgan fingerprint density at radius 3 is 2.53 bits per heavy atom. The maximum Gasteiger partial charge on any atom is 0.142 e. The Hall–Kier alpha value is -2.61. The van der Waals surface area contributed by atoms with Crippen molar-refractivity contribution in [2.75, 3.05) is 45.9 Å². The van der Waals surface area contributed by atoms with Crippen LogP contribution in [0.3, 0.4) is 0 Å². The van der Waals surface area contributed by atoms with Gasteiger partial charge in [0.15, 0.2) is 0 Å². The van der Waals surface area contributed by atoms with Crippen molar-refractivity contribution < 1.29 is 9.53 Å². The van der Waals surface area contributed by atoms with Gasteiger partial charge in [-0.3, -0.25) is 19.4 Å². The van der Waals surface area contributed by atoms with Crippen molar-refractivity contribution in [1.82, 2.24) is 24.6 Å². The molecule has 3 saturated heterocycles. The lowest BCUT2D eigenvalue weighted by Gasteiger charge is -2.43. The molecule has 0 N–H and O–H groups in total. The number of carbonyl (C=O) groups excluding carboxylic acids is 1. The fourth-order valence-electron chi connectivity index (χ4n) is 6.49. The predicted octanol–water partition coefficient (Wildman–Crippen LogP) is 4.48. The quantitative estimate of drug-likeness (QED) is 0.441. The van der Waals surface area contributed by atoms with Crippen LogP contribution in [0.2, 0.25) is 0 Å². The summed E-state index contributed by atoms with van der Waals surface area (Å²) in [5, 5.41) is 6.85. The second-order valence-electron chi connectivity index (χ2n) is 12.2. The van der Waals surface area contributed by atoms with Gasteiger partial charge in [-0.1, -0.05) is 25.5 Å². The van der Waals surface area contributed by atoms with E-state index in [0.717, 1.165) is 68.7 Å². The van der Waals surface area contributed by atoms with Crippen molar-refractivity contribution in [1.29, 1.82) is 0 Å². The van der Waals surface area contributed by atoms with E-state index < -0.39 is 0 Å². The highest BCUT2D eigenvalue weighted by molar-refractivity contribution is 5.89. The van der Waals surface area contributed by atoms with Crippen LogP contribution >= 0.6 is 0 Å². The molecule has 202 valence electrons. The van der Waals surface area contributed by atoms with E-state index in [-0.39, 0.29) is 5.92 Å². The van der Waals surface area contributed by atoms with Crippen LogP contribution in [-0.4, -0.2) is 76.3 Å². The molecule has 3 fully saturated rings. The topological polar surface area (TPSA) is 63.5 Å². The van der Waals surface area contributed by atoms with Crippen molar-refractivity contribution in [2.45, 2.75) is 52.0 Å². The van der Waals surface area contributed by atoms with E-state index >= 15 is 0 Å². The zero-order valence-corrected chi connectivity index (χ0v) is 23.0. The number of ketones is 1. The number of Topliss-reactive ketones (excluding diaryl/α,β-unsaturated/α-hetero) is 1. The van der Waals surface area contributed by atoms with Gasteiger partial charge in [0.05, 0.1) is 25.1 Å². The number of likely N-dealkylation sites (tertiary alicyclic amines) is 2. The summed E-state index contributed by atoms with van der Waals surface area (Å²) in [4.78, 5) is 22.9. The largest absolute Gasteiger partial charge is 0.380 e. The summed E-state index contributed by atoms with van der Waals surface area (Å²) in [6.45, 7) is 10.4. The van der Waals surface area contributed by atoms with Gasteiger partial charge in [-0.05, 0) is 74.9 Å². The molecule has 0 amide bonds. The Morgan fingerprint density at radius 2 is 1.79 bits per heavy atom. The van der Waals surface area contributed by atoms with Gasteiger partial charge in [0, 0.05) is 60.7 Å². The van der Waals surface area contributed by atoms with Crippen molar-refractivity contribution in [3.8, 4) is 11.1 Å². The molecule has 3 aromatic rings. The zero-order valence-electron chi connectivity index (χ0n) is 23.0. The summed E-state index contributed by atoms with van der Waals surface area (Å²) in [5.74, 6) is 0.482. The van der Waals surface area contributed by atoms with Crippen molar-refractivity contribution >= 4 is 16.6 Å². The third-order valence-electron chi connectivity index (χ3n) is 8.88. The second-order valence-corrected chi connectivity index (χ2v) is 12.2. The Bertz CT molecular complexity index is 1280. The summed E-state index contributed by atoms with van der Waals surface area (Å²) in [7, 11) is 2.05. The molecule has 5 heterocycles. The number of pyridine rings is 1. The van der Waals surface area contributed by atoms with Crippen molar-refractivity contribution in [2.24, 2.45) is 18.4 Å². The van der Waals surface area contributed by atoms with Gasteiger partial charge in [-0.2, -0.15) is 5.10 Å². The van der Waals surface area contributed by atoms with E-state index in [0.29, 0.717) is 17.6 Å². The molecule has 3 aliphatic rings. The van der Waals surface area contributed by atoms with Gasteiger partial charge in [0.25, 0.3) is 0 Å². The van der Waals surface area contributed by atoms with Gasteiger partial charge < -0.3 is 9.64 Å². The molecule has 6 rings (SSSR count). The first-order chi connectivity index (χ1) is 18.5. The van der Waals surface area contributed by atoms with E-state index in [9.17, 15) is 4.79 Å². The van der Waals surface area contributed by atoms with E-state index in [1.165, 1.54) is 49.2 Å². The molecule has 0 aliphatic carbocycles. The molecule has 1 aromatic carbocycles. The molecule has 0 atom stereocenters. The molecule has 7 heteroatoms. The van der Waals surface area contributed by atoms with Crippen LogP contribution in [0.4, 0.5) is 0 Å². The zero-order chi connectivity index (χ0) is 26.1. The maximum atomic E-state index is 13.2. The van der Waals surface area contributed by atoms with E-state index in [1.807, 2.05) is 24.1 Å². The van der Waals surface area contributed by atoms with Crippen LogP contribution in [0, 0.1) is 11.3 Å². The van der Waals surface area contributed by atoms with E-state index in [1.54, 1.807) is 0 Å². The third-order valence-corrected chi connectivity index (χ3v) is 8.88. The number of aryl methyl sites for hydroxylation is 1. The molecule has 7 nitrogen and oxygen atoms in total. The molecule has 2 aromatic heterocycles. The first-order valence-corrected chi connectivity index (χ1v) is 14.4. The number of ether oxygens (including phenoxy) is 1. The minimum atomic E-state index is 0.147. The summed E-state index contributed by atoms with van der Waals surface area (Å²) in [6.07, 6.45) is 10.1. The monoisotopic (exact) mass is 515 g/mol. The number of rotatable bonds is 8. The average molecular weight is 516 g/mol. The minimum Gasteiger partial charge on any atom is -0.380 e. The fraction of sp³-hybridized carbons (Fsp3) is 0.581. The van der Waals surface area contributed by atoms with Gasteiger partial charge in [-0.15, -0.1) is 0 Å². The summed E-state index contributed by atoms with van der Waals surface area (Å²) in [6, 6.07) is 8.68. The summed E-state index contributed by atoms with van der Waals surface area (Å²) in [5.41, 5.74) is 4.82. The lowest BCUT2D eigenvalue weighted by molar-refractivity contribution is -0.127. The Morgan fingerprint density at radius 1 is 1.00 bits per heavy atom. The smallest absolute Gasteiger partial charge is 0.142 e. The SMILES string of the molecule is Cn1ncc(-c2ccc3cnc(CC(=O)C4CCN(CC5(C)COC5)CC4)cc3c2)c1CN1CCCCC1. The molecule has 0 saturated carbocycles. The molecule has 0 spiro atoms. The summed E-state index contributed by atoms with van der Waals surface area (Å²) < 4.78 is 7.44. The van der Waals surface area contributed by atoms with Crippen LogP contribution in [-0.2, 0) is 29.5 Å². The van der Waals surface area contributed by atoms with Crippen LogP contribution in [0.5, 0.6) is 0 Å². The molecular formula is C31H41N5O2. The first kappa shape index (κ1) is 25.7. The molecule has 38 heavy (non-hydrogen) atoms.